The number of benzene rings is 4. The van der Waals surface area contributed by atoms with Crippen LogP contribution in [0.1, 0.15) is 11.9 Å². The lowest BCUT2D eigenvalue weighted by molar-refractivity contribution is -0.347. The molecule has 2 fully saturated rings. The molecular formula is C39H43N3O11P+. The lowest BCUT2D eigenvalue weighted by Crippen LogP contribution is -2.63. The van der Waals surface area contributed by atoms with Crippen molar-refractivity contribution in [1.82, 2.24) is 15.0 Å². The molecule has 2 aliphatic heterocycles. The van der Waals surface area contributed by atoms with Gasteiger partial charge in [0.25, 0.3) is 0 Å². The third-order valence-corrected chi connectivity index (χ3v) is 14.1. The SMILES string of the molecule is OC[C@H]1O[C@@H](O[C@H]2[C@H](O)[C@@H](O)[C@H](n3cc(COc4ccc([P+](c5ccccc5)(c5ccccc5)c5ccccc5)cc4)nn3)O[C@@H]2CO)[C@H](O)[C@@H](O)[C@H]1O. The van der Waals surface area contributed by atoms with Crippen molar-refractivity contribution in [3.63, 3.8) is 0 Å². The second kappa shape index (κ2) is 16.7. The van der Waals surface area contributed by atoms with E-state index in [0.717, 1.165) is 5.30 Å². The van der Waals surface area contributed by atoms with Crippen LogP contribution in [0.3, 0.4) is 0 Å². The molecule has 0 aliphatic carbocycles. The molecule has 0 spiro atoms. The summed E-state index contributed by atoms with van der Waals surface area (Å²) in [7, 11) is -2.28. The standard InChI is InChI=1S/C39H43N3O11P/c43-21-30-32(45)33(46)36(49)39(52-30)53-37-31(22-44)51-38(35(48)34(37)47)42-20-24(40-41-42)23-50-25-16-18-29(19-17-25)54(26-10-4-1-5-11-26,27-12-6-2-7-13-27)28-14-8-3-9-15-28/h1-20,30-39,43-49H,21-23H2/q+1/t30-,31-,32+,33+,34-,35-,36-,37-,38-,39+/m1/s1. The maximum Gasteiger partial charge on any atom is 0.187 e. The van der Waals surface area contributed by atoms with Crippen LogP contribution in [0.4, 0.5) is 0 Å². The van der Waals surface area contributed by atoms with E-state index < -0.39 is 81.8 Å². The number of nitrogens with zero attached hydrogens (tertiary/aromatic N) is 3. The van der Waals surface area contributed by atoms with Crippen LogP contribution in [0.25, 0.3) is 0 Å². The molecule has 3 heterocycles. The molecule has 7 N–H and O–H groups in total. The van der Waals surface area contributed by atoms with E-state index in [0.29, 0.717) is 11.4 Å². The van der Waals surface area contributed by atoms with Gasteiger partial charge >= 0.3 is 0 Å². The Kier molecular flexibility index (Phi) is 11.8. The second-order valence-electron chi connectivity index (χ2n) is 13.2. The van der Waals surface area contributed by atoms with E-state index in [2.05, 4.69) is 95.2 Å². The first-order chi connectivity index (χ1) is 26.3. The van der Waals surface area contributed by atoms with Gasteiger partial charge in [-0.3, -0.25) is 0 Å². The van der Waals surface area contributed by atoms with Gasteiger partial charge < -0.3 is 54.7 Å². The van der Waals surface area contributed by atoms with Gasteiger partial charge in [0.05, 0.1) is 19.4 Å². The average Bonchev–Trinajstić information content (AvgIpc) is 3.70. The molecule has 284 valence electrons. The fourth-order valence-corrected chi connectivity index (χ4v) is 11.3. The number of hydrogen-bond donors (Lipinski definition) is 7. The molecule has 15 heteroatoms. The first-order valence-electron chi connectivity index (χ1n) is 17.5. The molecule has 2 saturated heterocycles. The molecule has 1 aromatic heterocycles. The van der Waals surface area contributed by atoms with E-state index in [1.807, 2.05) is 30.3 Å². The third kappa shape index (κ3) is 7.31. The van der Waals surface area contributed by atoms with Gasteiger partial charge in [-0.25, -0.2) is 4.68 Å². The monoisotopic (exact) mass is 760 g/mol. The molecule has 54 heavy (non-hydrogen) atoms. The number of aromatic nitrogens is 3. The summed E-state index contributed by atoms with van der Waals surface area (Å²) in [6.45, 7) is -1.34. The molecule has 0 radical (unpaired) electrons. The molecule has 0 amide bonds. The maximum atomic E-state index is 11.0. The topological polar surface area (TPSA) is 209 Å². The van der Waals surface area contributed by atoms with Crippen LogP contribution in [-0.4, -0.2) is 119 Å². The minimum atomic E-state index is -2.28. The number of rotatable bonds is 12. The number of aliphatic hydroxyl groups is 7. The van der Waals surface area contributed by atoms with Crippen LogP contribution in [0.5, 0.6) is 5.75 Å². The molecule has 7 rings (SSSR count). The zero-order valence-corrected chi connectivity index (χ0v) is 29.9. The Hall–Kier alpha value is -4.15. The molecule has 0 unspecified atom stereocenters. The summed E-state index contributed by atoms with van der Waals surface area (Å²) in [6.07, 6.45) is -13.8. The van der Waals surface area contributed by atoms with Gasteiger partial charge in [0.15, 0.2) is 12.5 Å². The normalized spacial score (nSPS) is 28.8. The Labute approximate surface area is 311 Å². The molecule has 2 aliphatic rings. The molecule has 4 aromatic carbocycles. The predicted octanol–water partition coefficient (Wildman–Crippen LogP) is -0.727. The number of hydrogen-bond acceptors (Lipinski definition) is 13. The van der Waals surface area contributed by atoms with Crippen molar-refractivity contribution < 1.29 is 54.7 Å². The van der Waals surface area contributed by atoms with E-state index in [1.54, 1.807) is 0 Å². The zero-order chi connectivity index (χ0) is 37.8. The molecule has 14 nitrogen and oxygen atoms in total. The smallest absolute Gasteiger partial charge is 0.187 e. The number of aliphatic hydroxyl groups excluding tert-OH is 7. The Morgan fingerprint density at radius 2 is 1.13 bits per heavy atom. The van der Waals surface area contributed by atoms with E-state index in [1.165, 1.54) is 26.8 Å². The van der Waals surface area contributed by atoms with Crippen molar-refractivity contribution >= 4 is 28.5 Å². The van der Waals surface area contributed by atoms with E-state index in [4.69, 9.17) is 18.9 Å². The van der Waals surface area contributed by atoms with Crippen LogP contribution >= 0.6 is 7.26 Å². The highest BCUT2D eigenvalue weighted by Crippen LogP contribution is 2.54. The van der Waals surface area contributed by atoms with Crippen LogP contribution in [0.2, 0.25) is 0 Å². The second-order valence-corrected chi connectivity index (χ2v) is 16.6. The summed E-state index contributed by atoms with van der Waals surface area (Å²) >= 11 is 0. The first kappa shape index (κ1) is 38.1. The summed E-state index contributed by atoms with van der Waals surface area (Å²) in [4.78, 5) is 0. The van der Waals surface area contributed by atoms with Gasteiger partial charge in [0.1, 0.15) is 95.4 Å². The maximum absolute atomic E-state index is 11.0. The zero-order valence-electron chi connectivity index (χ0n) is 29.0. The van der Waals surface area contributed by atoms with Crippen LogP contribution in [-0.2, 0) is 20.8 Å². The summed E-state index contributed by atoms with van der Waals surface area (Å²) in [5.41, 5.74) is 0.393. The summed E-state index contributed by atoms with van der Waals surface area (Å²) in [5.74, 6) is 0.596. The Bertz CT molecular complexity index is 1820. The lowest BCUT2D eigenvalue weighted by Gasteiger charge is -2.45. The van der Waals surface area contributed by atoms with E-state index >= 15 is 0 Å². The minimum absolute atomic E-state index is 0.0212. The van der Waals surface area contributed by atoms with E-state index in [-0.39, 0.29) is 6.61 Å². The highest BCUT2D eigenvalue weighted by atomic mass is 31.2. The Morgan fingerprint density at radius 1 is 0.593 bits per heavy atom. The van der Waals surface area contributed by atoms with Crippen LogP contribution < -0.4 is 26.0 Å². The van der Waals surface area contributed by atoms with Crippen molar-refractivity contribution in [1.29, 1.82) is 0 Å². The highest BCUT2D eigenvalue weighted by Gasteiger charge is 2.51. The number of ether oxygens (including phenoxy) is 4. The molecular weight excluding hydrogens is 717 g/mol. The van der Waals surface area contributed by atoms with Gasteiger partial charge in [-0.1, -0.05) is 59.8 Å². The fraction of sp³-hybridized carbons (Fsp3) is 0.333. The molecule has 0 saturated carbocycles. The molecule has 10 atom stereocenters. The molecule has 0 bridgehead atoms. The van der Waals surface area contributed by atoms with Crippen molar-refractivity contribution in [2.24, 2.45) is 0 Å². The van der Waals surface area contributed by atoms with Crippen LogP contribution in [0.15, 0.2) is 121 Å². The Balaban J connectivity index is 1.06. The quantitative estimate of drug-likeness (QED) is 0.0785. The fourth-order valence-electron chi connectivity index (χ4n) is 7.06. The first-order valence-corrected chi connectivity index (χ1v) is 19.3. The Morgan fingerprint density at radius 3 is 1.67 bits per heavy atom. The van der Waals surface area contributed by atoms with Gasteiger partial charge in [-0.2, -0.15) is 0 Å². The molecule has 5 aromatic rings. The lowest BCUT2D eigenvalue weighted by atomic mass is 9.96. The van der Waals surface area contributed by atoms with Crippen LogP contribution in [0, 0.1) is 0 Å². The minimum Gasteiger partial charge on any atom is -0.487 e. The summed E-state index contributed by atoms with van der Waals surface area (Å²) < 4.78 is 24.2. The largest absolute Gasteiger partial charge is 0.487 e. The summed E-state index contributed by atoms with van der Waals surface area (Å²) in [6, 6.07) is 39.6. The van der Waals surface area contributed by atoms with E-state index in [9.17, 15) is 35.7 Å². The van der Waals surface area contributed by atoms with Gasteiger partial charge in [0, 0.05) is 0 Å². The predicted molar refractivity (Wildman–Crippen MR) is 197 cm³/mol. The van der Waals surface area contributed by atoms with Crippen molar-refractivity contribution in [3.05, 3.63) is 127 Å². The average molecular weight is 761 g/mol. The van der Waals surface area contributed by atoms with Crippen molar-refractivity contribution in [2.45, 2.75) is 68.0 Å². The summed E-state index contributed by atoms with van der Waals surface area (Å²) in [5, 5.41) is 85.3. The van der Waals surface area contributed by atoms with Crippen molar-refractivity contribution in [3.8, 4) is 5.75 Å². The third-order valence-electron chi connectivity index (χ3n) is 9.84. The highest BCUT2D eigenvalue weighted by molar-refractivity contribution is 8.01. The van der Waals surface area contributed by atoms with Gasteiger partial charge in [0.2, 0.25) is 0 Å². The van der Waals surface area contributed by atoms with Gasteiger partial charge in [-0.05, 0) is 60.7 Å². The van der Waals surface area contributed by atoms with Crippen molar-refractivity contribution in [2.75, 3.05) is 13.2 Å². The van der Waals surface area contributed by atoms with Gasteiger partial charge in [-0.15, -0.1) is 5.10 Å².